The van der Waals surface area contributed by atoms with Gasteiger partial charge in [0.05, 0.1) is 10.7 Å². The van der Waals surface area contributed by atoms with Crippen LogP contribution in [0.1, 0.15) is 78.1 Å². The summed E-state index contributed by atoms with van der Waals surface area (Å²) in [7, 11) is 0. The minimum atomic E-state index is -0.115. The molecule has 1 atom stereocenters. The summed E-state index contributed by atoms with van der Waals surface area (Å²) in [6.07, 6.45) is 4.62. The van der Waals surface area contributed by atoms with Crippen molar-refractivity contribution in [3.8, 4) is 11.5 Å². The van der Waals surface area contributed by atoms with Gasteiger partial charge in [-0.2, -0.15) is 0 Å². The number of halogens is 1. The Hall–Kier alpha value is -4.74. The molecule has 6 heteroatoms. The normalized spacial score (nSPS) is 13.2. The number of carbonyl (C=O) groups excluding carboxylic acids is 1. The number of hydrogen-bond donors (Lipinski definition) is 2. The number of rotatable bonds is 12. The van der Waals surface area contributed by atoms with Gasteiger partial charge in [-0.1, -0.05) is 86.8 Å². The van der Waals surface area contributed by atoms with E-state index in [4.69, 9.17) is 16.3 Å². The highest BCUT2D eigenvalue weighted by atomic mass is 35.5. The van der Waals surface area contributed by atoms with Crippen molar-refractivity contribution in [3.05, 3.63) is 142 Å². The van der Waals surface area contributed by atoms with Gasteiger partial charge >= 0.3 is 0 Å². The summed E-state index contributed by atoms with van der Waals surface area (Å²) < 4.78 is 6.66. The number of benzene rings is 5. The van der Waals surface area contributed by atoms with Crippen LogP contribution in [0.2, 0.25) is 5.02 Å². The third-order valence-electron chi connectivity index (χ3n) is 8.82. The van der Waals surface area contributed by atoms with Crippen molar-refractivity contribution in [3.63, 3.8) is 0 Å². The zero-order valence-corrected chi connectivity index (χ0v) is 28.1. The second-order valence-corrected chi connectivity index (χ2v) is 12.6. The van der Waals surface area contributed by atoms with Gasteiger partial charge in [-0.05, 0) is 85.5 Å². The number of amides is 1. The van der Waals surface area contributed by atoms with Crippen molar-refractivity contribution in [1.29, 1.82) is 0 Å². The smallest absolute Gasteiger partial charge is 0.255 e. The molecule has 2 N–H and O–H groups in total. The largest absolute Gasteiger partial charge is 0.457 e. The molecule has 5 aromatic rings. The standard InChI is InChI=1S/C41H42ClN3O2/c1-4-6-24-45(25-7-5-2)32-21-22-34-39(27-32)47-38-23-20-31(43-37-15-11-10-14-36(37)42)26-35(38)40(34)29-16-18-30(19-17-29)44-41(46)33-13-9-8-12-28(33)3/h8-23,26-27,40,43H,4-7,24-25H2,1-3H3,(H,44,46). The molecule has 0 spiro atoms. The van der Waals surface area contributed by atoms with E-state index in [0.717, 1.165) is 89.6 Å². The van der Waals surface area contributed by atoms with Gasteiger partial charge < -0.3 is 20.3 Å². The summed E-state index contributed by atoms with van der Waals surface area (Å²) in [5.41, 5.74) is 8.62. The van der Waals surface area contributed by atoms with E-state index >= 15 is 0 Å². The summed E-state index contributed by atoms with van der Waals surface area (Å²) in [6, 6.07) is 36.5. The lowest BCUT2D eigenvalue weighted by molar-refractivity contribution is 0.102. The zero-order chi connectivity index (χ0) is 32.8. The molecule has 0 fully saturated rings. The fourth-order valence-corrected chi connectivity index (χ4v) is 6.39. The van der Waals surface area contributed by atoms with Crippen LogP contribution < -0.4 is 20.3 Å². The van der Waals surface area contributed by atoms with Gasteiger partial charge in [0.2, 0.25) is 0 Å². The molecule has 47 heavy (non-hydrogen) atoms. The number of unbranched alkanes of at least 4 members (excludes halogenated alkanes) is 2. The number of nitrogens with one attached hydrogen (secondary N) is 2. The number of ether oxygens (including phenoxy) is 1. The maximum atomic E-state index is 13.0. The molecule has 0 aliphatic carbocycles. The highest BCUT2D eigenvalue weighted by Crippen LogP contribution is 2.49. The van der Waals surface area contributed by atoms with Crippen molar-refractivity contribution in [2.75, 3.05) is 28.6 Å². The Morgan fingerprint density at radius 3 is 2.19 bits per heavy atom. The average Bonchev–Trinajstić information content (AvgIpc) is 3.09. The number of nitrogens with zero attached hydrogens (tertiary/aromatic N) is 1. The molecule has 0 bridgehead atoms. The third kappa shape index (κ3) is 7.31. The minimum Gasteiger partial charge on any atom is -0.457 e. The van der Waals surface area contributed by atoms with E-state index in [1.54, 1.807) is 0 Å². The third-order valence-corrected chi connectivity index (χ3v) is 9.15. The van der Waals surface area contributed by atoms with E-state index in [1.165, 1.54) is 5.69 Å². The highest BCUT2D eigenvalue weighted by Gasteiger charge is 2.30. The fraction of sp³-hybridized carbons (Fsp3) is 0.244. The lowest BCUT2D eigenvalue weighted by Crippen LogP contribution is -2.25. The molecule has 5 nitrogen and oxygen atoms in total. The van der Waals surface area contributed by atoms with Crippen molar-refractivity contribution in [1.82, 2.24) is 0 Å². The highest BCUT2D eigenvalue weighted by molar-refractivity contribution is 6.33. The van der Waals surface area contributed by atoms with Crippen LogP contribution in [0, 0.1) is 6.92 Å². The predicted molar refractivity (Wildman–Crippen MR) is 196 cm³/mol. The predicted octanol–water partition coefficient (Wildman–Crippen LogP) is 11.3. The van der Waals surface area contributed by atoms with Gasteiger partial charge in [-0.3, -0.25) is 4.79 Å². The van der Waals surface area contributed by atoms with E-state index < -0.39 is 0 Å². The van der Waals surface area contributed by atoms with E-state index in [1.807, 2.05) is 79.7 Å². The average molecular weight is 644 g/mol. The monoisotopic (exact) mass is 643 g/mol. The molecular weight excluding hydrogens is 602 g/mol. The Bertz CT molecular complexity index is 1840. The molecule has 1 aliphatic rings. The van der Waals surface area contributed by atoms with Crippen LogP contribution in [0.5, 0.6) is 11.5 Å². The number of anilines is 4. The zero-order valence-electron chi connectivity index (χ0n) is 27.4. The van der Waals surface area contributed by atoms with Crippen LogP contribution in [0.4, 0.5) is 22.7 Å². The molecule has 6 rings (SSSR count). The molecule has 1 heterocycles. The molecule has 0 aromatic heterocycles. The second-order valence-electron chi connectivity index (χ2n) is 12.2. The molecule has 1 aliphatic heterocycles. The number of para-hydroxylation sites is 1. The summed E-state index contributed by atoms with van der Waals surface area (Å²) in [4.78, 5) is 15.5. The van der Waals surface area contributed by atoms with E-state index in [0.29, 0.717) is 10.6 Å². The Kier molecular flexibility index (Phi) is 10.1. The van der Waals surface area contributed by atoms with Crippen molar-refractivity contribution in [2.45, 2.75) is 52.4 Å². The molecular formula is C41H42ClN3O2. The van der Waals surface area contributed by atoms with E-state index in [2.05, 4.69) is 65.8 Å². The molecule has 1 amide bonds. The number of aryl methyl sites for hydroxylation is 1. The van der Waals surface area contributed by atoms with Crippen molar-refractivity contribution in [2.24, 2.45) is 0 Å². The molecule has 240 valence electrons. The van der Waals surface area contributed by atoms with Gasteiger partial charge in [0, 0.05) is 58.8 Å². The molecule has 1 unspecified atom stereocenters. The van der Waals surface area contributed by atoms with E-state index in [-0.39, 0.29) is 11.8 Å². The van der Waals surface area contributed by atoms with Crippen LogP contribution in [0.15, 0.2) is 109 Å². The lowest BCUT2D eigenvalue weighted by Gasteiger charge is -2.31. The summed E-state index contributed by atoms with van der Waals surface area (Å²) in [5, 5.41) is 7.22. The van der Waals surface area contributed by atoms with Crippen LogP contribution in [-0.4, -0.2) is 19.0 Å². The van der Waals surface area contributed by atoms with Gasteiger partial charge in [0.15, 0.2) is 0 Å². The topological polar surface area (TPSA) is 53.6 Å². The van der Waals surface area contributed by atoms with Crippen LogP contribution in [0.3, 0.4) is 0 Å². The Morgan fingerprint density at radius 1 is 0.766 bits per heavy atom. The number of hydrogen-bond acceptors (Lipinski definition) is 4. The van der Waals surface area contributed by atoms with Crippen LogP contribution in [0.25, 0.3) is 0 Å². The summed E-state index contributed by atoms with van der Waals surface area (Å²) in [5.74, 6) is 1.52. The van der Waals surface area contributed by atoms with Gasteiger partial charge in [-0.25, -0.2) is 0 Å². The van der Waals surface area contributed by atoms with Gasteiger partial charge in [0.1, 0.15) is 11.5 Å². The first kappa shape index (κ1) is 32.2. The fourth-order valence-electron chi connectivity index (χ4n) is 6.21. The van der Waals surface area contributed by atoms with Crippen molar-refractivity contribution >= 4 is 40.3 Å². The van der Waals surface area contributed by atoms with Gasteiger partial charge in [0.25, 0.3) is 5.91 Å². The Labute approximate surface area is 283 Å². The first-order chi connectivity index (χ1) is 22.9. The quantitative estimate of drug-likeness (QED) is 0.139. The molecule has 0 saturated heterocycles. The van der Waals surface area contributed by atoms with E-state index in [9.17, 15) is 4.79 Å². The maximum absolute atomic E-state index is 13.0. The molecule has 0 saturated carbocycles. The Balaban J connectivity index is 1.36. The van der Waals surface area contributed by atoms with Crippen molar-refractivity contribution < 1.29 is 9.53 Å². The van der Waals surface area contributed by atoms with Crippen LogP contribution in [-0.2, 0) is 0 Å². The first-order valence-corrected chi connectivity index (χ1v) is 17.0. The summed E-state index contributed by atoms with van der Waals surface area (Å²) >= 11 is 6.49. The minimum absolute atomic E-state index is 0.0725. The lowest BCUT2D eigenvalue weighted by atomic mass is 9.82. The maximum Gasteiger partial charge on any atom is 0.255 e. The summed E-state index contributed by atoms with van der Waals surface area (Å²) in [6.45, 7) is 8.49. The molecule has 5 aromatic carbocycles. The number of fused-ring (bicyclic) bond motifs is 2. The first-order valence-electron chi connectivity index (χ1n) is 16.6. The van der Waals surface area contributed by atoms with Gasteiger partial charge in [-0.15, -0.1) is 0 Å². The number of carbonyl (C=O) groups is 1. The Morgan fingerprint density at radius 2 is 1.47 bits per heavy atom. The second kappa shape index (κ2) is 14.8. The SMILES string of the molecule is CCCCN(CCCC)c1ccc2c(c1)Oc1ccc(Nc3ccccc3Cl)cc1C2c1ccc(NC(=O)c2ccccc2C)cc1. The molecule has 0 radical (unpaired) electrons. The van der Waals surface area contributed by atoms with Crippen LogP contribution >= 0.6 is 11.6 Å².